The maximum absolute atomic E-state index is 13.0. The summed E-state index contributed by atoms with van der Waals surface area (Å²) in [6, 6.07) is 2.63. The second-order valence-electron chi connectivity index (χ2n) is 3.92. The molecular formula is C12H9F2NO4. The maximum Gasteiger partial charge on any atom is 0.255 e. The van der Waals surface area contributed by atoms with Crippen LogP contribution in [0.2, 0.25) is 0 Å². The van der Waals surface area contributed by atoms with Gasteiger partial charge in [0.25, 0.3) is 11.8 Å². The summed E-state index contributed by atoms with van der Waals surface area (Å²) >= 11 is 0. The van der Waals surface area contributed by atoms with Gasteiger partial charge in [-0.1, -0.05) is 0 Å². The van der Waals surface area contributed by atoms with Crippen molar-refractivity contribution in [2.24, 2.45) is 0 Å². The van der Waals surface area contributed by atoms with Crippen LogP contribution in [0.25, 0.3) is 0 Å². The number of benzene rings is 1. The van der Waals surface area contributed by atoms with Gasteiger partial charge < -0.3 is 4.74 Å². The van der Waals surface area contributed by atoms with Crippen LogP contribution < -0.4 is 0 Å². The van der Waals surface area contributed by atoms with Crippen molar-refractivity contribution in [1.82, 2.24) is 4.90 Å². The van der Waals surface area contributed by atoms with Gasteiger partial charge in [-0.2, -0.15) is 0 Å². The molecular weight excluding hydrogens is 260 g/mol. The summed E-state index contributed by atoms with van der Waals surface area (Å²) in [6.45, 7) is -1.07. The summed E-state index contributed by atoms with van der Waals surface area (Å²) in [5, 5.41) is 0. The molecule has 1 fully saturated rings. The van der Waals surface area contributed by atoms with Crippen molar-refractivity contribution in [1.29, 1.82) is 0 Å². The molecule has 1 aliphatic heterocycles. The number of imide groups is 1. The number of amides is 2. The van der Waals surface area contributed by atoms with Crippen molar-refractivity contribution in [2.45, 2.75) is 0 Å². The average molecular weight is 269 g/mol. The van der Waals surface area contributed by atoms with Crippen LogP contribution in [0.5, 0.6) is 0 Å². The van der Waals surface area contributed by atoms with Crippen molar-refractivity contribution in [2.75, 3.05) is 19.8 Å². The molecule has 1 saturated heterocycles. The Kier molecular flexibility index (Phi) is 3.66. The van der Waals surface area contributed by atoms with Gasteiger partial charge in [0.15, 0.2) is 17.4 Å². The topological polar surface area (TPSA) is 63.7 Å². The molecule has 1 aromatic rings. The molecule has 19 heavy (non-hydrogen) atoms. The van der Waals surface area contributed by atoms with Crippen LogP contribution in [0, 0.1) is 11.6 Å². The number of hydrogen-bond acceptors (Lipinski definition) is 4. The van der Waals surface area contributed by atoms with Crippen molar-refractivity contribution >= 4 is 17.6 Å². The van der Waals surface area contributed by atoms with Gasteiger partial charge in [0.05, 0.1) is 6.54 Å². The number of ether oxygens (including phenoxy) is 1. The Hall–Kier alpha value is -2.15. The van der Waals surface area contributed by atoms with Gasteiger partial charge in [-0.25, -0.2) is 8.78 Å². The van der Waals surface area contributed by atoms with Crippen molar-refractivity contribution in [3.05, 3.63) is 35.4 Å². The molecule has 0 bridgehead atoms. The molecule has 0 aliphatic carbocycles. The molecule has 0 N–H and O–H groups in total. The fourth-order valence-corrected chi connectivity index (χ4v) is 1.60. The van der Waals surface area contributed by atoms with E-state index in [-0.39, 0.29) is 18.8 Å². The van der Waals surface area contributed by atoms with E-state index in [2.05, 4.69) is 4.74 Å². The van der Waals surface area contributed by atoms with Gasteiger partial charge in [0.1, 0.15) is 13.2 Å². The zero-order valence-electron chi connectivity index (χ0n) is 9.69. The number of halogens is 2. The Morgan fingerprint density at radius 3 is 2.37 bits per heavy atom. The molecule has 1 aliphatic rings. The second-order valence-corrected chi connectivity index (χ2v) is 3.92. The van der Waals surface area contributed by atoms with Crippen LogP contribution in [0.3, 0.4) is 0 Å². The highest BCUT2D eigenvalue weighted by molar-refractivity contribution is 6.05. The Morgan fingerprint density at radius 1 is 1.16 bits per heavy atom. The molecule has 0 spiro atoms. The number of carbonyl (C=O) groups is 3. The van der Waals surface area contributed by atoms with Crippen LogP contribution in [0.15, 0.2) is 18.2 Å². The molecule has 0 radical (unpaired) electrons. The minimum absolute atomic E-state index is 0.106. The summed E-state index contributed by atoms with van der Waals surface area (Å²) < 4.78 is 30.4. The fourth-order valence-electron chi connectivity index (χ4n) is 1.60. The molecule has 0 aromatic heterocycles. The first-order valence-electron chi connectivity index (χ1n) is 5.38. The van der Waals surface area contributed by atoms with Crippen molar-refractivity contribution in [3.63, 3.8) is 0 Å². The van der Waals surface area contributed by atoms with E-state index in [1.807, 2.05) is 0 Å². The van der Waals surface area contributed by atoms with Gasteiger partial charge in [0, 0.05) is 5.56 Å². The average Bonchev–Trinajstić information content (AvgIpc) is 2.37. The van der Waals surface area contributed by atoms with Crippen LogP contribution in [-0.4, -0.2) is 42.3 Å². The molecule has 2 rings (SSSR count). The molecule has 7 heteroatoms. The van der Waals surface area contributed by atoms with E-state index in [1.165, 1.54) is 0 Å². The number of rotatable bonds is 3. The maximum atomic E-state index is 13.0. The number of hydrogen-bond donors (Lipinski definition) is 0. The smallest absolute Gasteiger partial charge is 0.255 e. The molecule has 1 heterocycles. The second kappa shape index (κ2) is 5.23. The third-order valence-electron chi connectivity index (χ3n) is 2.60. The van der Waals surface area contributed by atoms with E-state index < -0.39 is 35.8 Å². The highest BCUT2D eigenvalue weighted by Gasteiger charge is 2.28. The van der Waals surface area contributed by atoms with E-state index in [9.17, 15) is 23.2 Å². The molecule has 100 valence electrons. The summed E-state index contributed by atoms with van der Waals surface area (Å²) in [5.74, 6) is -4.15. The van der Waals surface area contributed by atoms with Gasteiger partial charge >= 0.3 is 0 Å². The van der Waals surface area contributed by atoms with Gasteiger partial charge in [-0.05, 0) is 18.2 Å². The number of Topliss-reactive ketones (excluding diaryl/α,β-unsaturated/α-hetero) is 1. The first-order valence-corrected chi connectivity index (χ1v) is 5.38. The first kappa shape index (κ1) is 13.3. The fraction of sp³-hybridized carbons (Fsp3) is 0.250. The number of morpholine rings is 1. The van der Waals surface area contributed by atoms with Crippen LogP contribution in [-0.2, 0) is 14.3 Å². The third kappa shape index (κ3) is 2.82. The Labute approximate surface area is 106 Å². The normalized spacial score (nSPS) is 15.8. The lowest BCUT2D eigenvalue weighted by atomic mass is 10.1. The summed E-state index contributed by atoms with van der Waals surface area (Å²) in [6.07, 6.45) is 0. The van der Waals surface area contributed by atoms with Gasteiger partial charge in [0.2, 0.25) is 0 Å². The van der Waals surface area contributed by atoms with E-state index >= 15 is 0 Å². The molecule has 0 unspecified atom stereocenters. The lowest BCUT2D eigenvalue weighted by Crippen LogP contribution is -2.48. The largest absolute Gasteiger partial charge is 0.362 e. The predicted molar refractivity (Wildman–Crippen MR) is 58.2 cm³/mol. The molecule has 0 saturated carbocycles. The summed E-state index contributed by atoms with van der Waals surface area (Å²) in [4.78, 5) is 35.3. The minimum atomic E-state index is -1.16. The Morgan fingerprint density at radius 2 is 1.79 bits per heavy atom. The molecule has 1 aromatic carbocycles. The Balaban J connectivity index is 2.14. The summed E-state index contributed by atoms with van der Waals surface area (Å²) in [5.41, 5.74) is -0.106. The summed E-state index contributed by atoms with van der Waals surface area (Å²) in [7, 11) is 0. The van der Waals surface area contributed by atoms with E-state index in [0.717, 1.165) is 23.1 Å². The highest BCUT2D eigenvalue weighted by atomic mass is 19.2. The lowest BCUT2D eigenvalue weighted by Gasteiger charge is -2.24. The third-order valence-corrected chi connectivity index (χ3v) is 2.60. The zero-order valence-corrected chi connectivity index (χ0v) is 9.69. The van der Waals surface area contributed by atoms with Crippen LogP contribution >= 0.6 is 0 Å². The van der Waals surface area contributed by atoms with Crippen molar-refractivity contribution < 1.29 is 27.9 Å². The van der Waals surface area contributed by atoms with Gasteiger partial charge in [-0.3, -0.25) is 19.3 Å². The number of ketones is 1. The van der Waals surface area contributed by atoms with Crippen LogP contribution in [0.1, 0.15) is 10.4 Å². The minimum Gasteiger partial charge on any atom is -0.362 e. The number of nitrogens with zero attached hydrogens (tertiary/aromatic N) is 1. The quantitative estimate of drug-likeness (QED) is 0.593. The standard InChI is InChI=1S/C12H9F2NO4/c13-8-2-1-7(3-9(8)14)10(16)4-15-11(17)5-19-6-12(15)18/h1-3H,4-6H2. The molecule has 2 amide bonds. The van der Waals surface area contributed by atoms with Gasteiger partial charge in [-0.15, -0.1) is 0 Å². The monoisotopic (exact) mass is 269 g/mol. The predicted octanol–water partition coefficient (Wildman–Crippen LogP) is 0.533. The zero-order chi connectivity index (χ0) is 14.0. The first-order chi connectivity index (χ1) is 8.99. The number of carbonyl (C=O) groups excluding carboxylic acids is 3. The van der Waals surface area contributed by atoms with Crippen LogP contribution in [0.4, 0.5) is 8.78 Å². The van der Waals surface area contributed by atoms with E-state index in [4.69, 9.17) is 0 Å². The highest BCUT2D eigenvalue weighted by Crippen LogP contribution is 2.11. The van der Waals surface area contributed by atoms with E-state index in [1.54, 1.807) is 0 Å². The molecule has 5 nitrogen and oxygen atoms in total. The van der Waals surface area contributed by atoms with E-state index in [0.29, 0.717) is 0 Å². The Bertz CT molecular complexity index is 543. The van der Waals surface area contributed by atoms with Crippen molar-refractivity contribution in [3.8, 4) is 0 Å². The molecule has 0 atom stereocenters. The SMILES string of the molecule is O=C(CN1C(=O)COCC1=O)c1ccc(F)c(F)c1. The lowest BCUT2D eigenvalue weighted by molar-refractivity contribution is -0.157.